The first-order valence-corrected chi connectivity index (χ1v) is 9.29. The minimum absolute atomic E-state index is 0.0409. The SMILES string of the molecule is O=S(=O)(c1ccccc1)n1ccc2c(OC[C@@H](O)CCl)cccc21. The number of benzene rings is 2. The fraction of sp³-hybridized carbons (Fsp3) is 0.176. The Morgan fingerprint density at radius 2 is 1.83 bits per heavy atom. The molecular weight excluding hydrogens is 350 g/mol. The summed E-state index contributed by atoms with van der Waals surface area (Å²) >= 11 is 5.55. The number of fused-ring (bicyclic) bond motifs is 1. The number of nitrogens with zero attached hydrogens (tertiary/aromatic N) is 1. The highest BCUT2D eigenvalue weighted by Crippen LogP contribution is 2.29. The lowest BCUT2D eigenvalue weighted by Gasteiger charge is -2.11. The summed E-state index contributed by atoms with van der Waals surface area (Å²) < 4.78 is 32.4. The Balaban J connectivity index is 2.03. The van der Waals surface area contributed by atoms with Gasteiger partial charge in [0.15, 0.2) is 0 Å². The summed E-state index contributed by atoms with van der Waals surface area (Å²) in [4.78, 5) is 0.214. The summed E-state index contributed by atoms with van der Waals surface area (Å²) in [5.74, 6) is 0.568. The van der Waals surface area contributed by atoms with E-state index in [1.54, 1.807) is 54.6 Å². The van der Waals surface area contributed by atoms with Gasteiger partial charge in [-0.1, -0.05) is 24.3 Å². The van der Waals surface area contributed by atoms with Crippen molar-refractivity contribution in [2.75, 3.05) is 12.5 Å². The molecule has 24 heavy (non-hydrogen) atoms. The van der Waals surface area contributed by atoms with Crippen molar-refractivity contribution in [3.63, 3.8) is 0 Å². The zero-order valence-electron chi connectivity index (χ0n) is 12.7. The van der Waals surface area contributed by atoms with Crippen LogP contribution < -0.4 is 4.74 Å². The van der Waals surface area contributed by atoms with Gasteiger partial charge >= 0.3 is 0 Å². The van der Waals surface area contributed by atoms with Gasteiger partial charge in [0, 0.05) is 11.6 Å². The van der Waals surface area contributed by atoms with Gasteiger partial charge in [0.1, 0.15) is 18.5 Å². The van der Waals surface area contributed by atoms with E-state index in [1.807, 2.05) is 0 Å². The molecule has 0 radical (unpaired) electrons. The molecule has 3 rings (SSSR count). The number of aromatic nitrogens is 1. The maximum Gasteiger partial charge on any atom is 0.268 e. The van der Waals surface area contributed by atoms with Crippen molar-refractivity contribution in [2.45, 2.75) is 11.0 Å². The summed E-state index contributed by atoms with van der Waals surface area (Å²) in [5, 5.41) is 10.2. The predicted molar refractivity (Wildman–Crippen MR) is 93.2 cm³/mol. The molecule has 0 saturated heterocycles. The number of halogens is 1. The molecule has 0 amide bonds. The van der Waals surface area contributed by atoms with Gasteiger partial charge in [0.2, 0.25) is 0 Å². The second kappa shape index (κ2) is 6.84. The highest BCUT2D eigenvalue weighted by molar-refractivity contribution is 7.90. The van der Waals surface area contributed by atoms with Crippen LogP contribution in [0.5, 0.6) is 5.75 Å². The first kappa shape index (κ1) is 16.8. The summed E-state index contributed by atoms with van der Waals surface area (Å²) in [5.41, 5.74) is 0.511. The first-order valence-electron chi connectivity index (χ1n) is 7.31. The van der Waals surface area contributed by atoms with Crippen LogP contribution in [0.4, 0.5) is 0 Å². The van der Waals surface area contributed by atoms with Crippen molar-refractivity contribution in [1.82, 2.24) is 3.97 Å². The lowest BCUT2D eigenvalue weighted by molar-refractivity contribution is 0.126. The average Bonchev–Trinajstić information content (AvgIpc) is 3.05. The largest absolute Gasteiger partial charge is 0.490 e. The molecule has 0 aliphatic carbocycles. The fourth-order valence-electron chi connectivity index (χ4n) is 2.39. The zero-order chi connectivity index (χ0) is 17.2. The average molecular weight is 366 g/mol. The molecule has 2 aromatic carbocycles. The van der Waals surface area contributed by atoms with Crippen LogP contribution in [0.15, 0.2) is 65.7 Å². The molecular formula is C17H16ClNO4S. The first-order chi connectivity index (χ1) is 11.5. The Labute approximate surface area is 145 Å². The third-order valence-electron chi connectivity index (χ3n) is 3.57. The van der Waals surface area contributed by atoms with Crippen LogP contribution in [-0.2, 0) is 10.0 Å². The number of ether oxygens (including phenoxy) is 1. The Kier molecular flexibility index (Phi) is 4.80. The monoisotopic (exact) mass is 365 g/mol. The van der Waals surface area contributed by atoms with Gasteiger partial charge in [-0.05, 0) is 30.3 Å². The van der Waals surface area contributed by atoms with E-state index in [0.29, 0.717) is 16.7 Å². The molecule has 1 heterocycles. The van der Waals surface area contributed by atoms with Crippen molar-refractivity contribution in [1.29, 1.82) is 0 Å². The van der Waals surface area contributed by atoms with Gasteiger partial charge in [-0.15, -0.1) is 11.6 Å². The predicted octanol–water partition coefficient (Wildman–Crippen LogP) is 2.86. The highest BCUT2D eigenvalue weighted by atomic mass is 35.5. The summed E-state index contributed by atoms with van der Waals surface area (Å²) in [6.07, 6.45) is 0.717. The van der Waals surface area contributed by atoms with E-state index in [9.17, 15) is 13.5 Å². The molecule has 0 spiro atoms. The molecule has 1 atom stereocenters. The van der Waals surface area contributed by atoms with E-state index < -0.39 is 16.1 Å². The molecule has 7 heteroatoms. The molecule has 0 aliphatic rings. The van der Waals surface area contributed by atoms with Crippen LogP contribution in [0.3, 0.4) is 0 Å². The van der Waals surface area contributed by atoms with Crippen molar-refractivity contribution < 1.29 is 18.3 Å². The Morgan fingerprint density at radius 3 is 2.54 bits per heavy atom. The number of aliphatic hydroxyl groups excluding tert-OH is 1. The number of alkyl halides is 1. The number of aliphatic hydroxyl groups is 1. The van der Waals surface area contributed by atoms with Gasteiger partial charge < -0.3 is 9.84 Å². The van der Waals surface area contributed by atoms with Crippen LogP contribution >= 0.6 is 11.6 Å². The normalized spacial score (nSPS) is 13.1. The number of hydrogen-bond acceptors (Lipinski definition) is 4. The summed E-state index contributed by atoms with van der Waals surface area (Å²) in [6, 6.07) is 15.1. The third kappa shape index (κ3) is 3.13. The van der Waals surface area contributed by atoms with E-state index in [-0.39, 0.29) is 17.4 Å². The van der Waals surface area contributed by atoms with Gasteiger partial charge in [0.05, 0.1) is 16.3 Å². The van der Waals surface area contributed by atoms with Crippen LogP contribution in [0.1, 0.15) is 0 Å². The minimum Gasteiger partial charge on any atom is -0.490 e. The lowest BCUT2D eigenvalue weighted by atomic mass is 10.2. The molecule has 3 aromatic rings. The molecule has 126 valence electrons. The Bertz CT molecular complexity index is 938. The van der Waals surface area contributed by atoms with Crippen molar-refractivity contribution in [3.05, 3.63) is 60.8 Å². The van der Waals surface area contributed by atoms with Crippen LogP contribution in [-0.4, -0.2) is 36.1 Å². The number of rotatable bonds is 6. The fourth-order valence-corrected chi connectivity index (χ4v) is 3.84. The second-order valence-electron chi connectivity index (χ2n) is 5.24. The van der Waals surface area contributed by atoms with Crippen LogP contribution in [0, 0.1) is 0 Å². The topological polar surface area (TPSA) is 68.5 Å². The maximum atomic E-state index is 12.8. The van der Waals surface area contributed by atoms with E-state index >= 15 is 0 Å². The van der Waals surface area contributed by atoms with E-state index in [1.165, 1.54) is 10.2 Å². The van der Waals surface area contributed by atoms with Crippen molar-refractivity contribution in [2.24, 2.45) is 0 Å². The van der Waals surface area contributed by atoms with Crippen molar-refractivity contribution in [3.8, 4) is 5.75 Å². The second-order valence-corrected chi connectivity index (χ2v) is 7.36. The van der Waals surface area contributed by atoms with Crippen LogP contribution in [0.25, 0.3) is 10.9 Å². The van der Waals surface area contributed by atoms with E-state index in [4.69, 9.17) is 16.3 Å². The van der Waals surface area contributed by atoms with E-state index in [0.717, 1.165) is 0 Å². The zero-order valence-corrected chi connectivity index (χ0v) is 14.2. The Hall–Kier alpha value is -2.02. The molecule has 0 aliphatic heterocycles. The minimum atomic E-state index is -3.68. The lowest BCUT2D eigenvalue weighted by Crippen LogP contribution is -2.18. The Morgan fingerprint density at radius 1 is 1.08 bits per heavy atom. The highest BCUT2D eigenvalue weighted by Gasteiger charge is 2.19. The van der Waals surface area contributed by atoms with Gasteiger partial charge in [-0.2, -0.15) is 0 Å². The molecule has 5 nitrogen and oxygen atoms in total. The molecule has 0 fully saturated rings. The van der Waals surface area contributed by atoms with Gasteiger partial charge in [-0.25, -0.2) is 12.4 Å². The summed E-state index contributed by atoms with van der Waals surface area (Å²) in [7, 11) is -3.68. The molecule has 0 unspecified atom stereocenters. The molecule has 1 N–H and O–H groups in total. The van der Waals surface area contributed by atoms with Gasteiger partial charge in [0.25, 0.3) is 10.0 Å². The third-order valence-corrected chi connectivity index (χ3v) is 5.63. The standard InChI is InChI=1S/C17H16ClNO4S/c18-11-13(20)12-23-17-8-4-7-16-15(17)9-10-19(16)24(21,22)14-5-2-1-3-6-14/h1-10,13,20H,11-12H2/t13-/m0/s1. The smallest absolute Gasteiger partial charge is 0.268 e. The molecule has 0 bridgehead atoms. The van der Waals surface area contributed by atoms with Crippen LogP contribution in [0.2, 0.25) is 0 Å². The maximum absolute atomic E-state index is 12.8. The number of hydrogen-bond donors (Lipinski definition) is 1. The quantitative estimate of drug-likeness (QED) is 0.682. The summed E-state index contributed by atoms with van der Waals surface area (Å²) in [6.45, 7) is 0.0409. The van der Waals surface area contributed by atoms with Gasteiger partial charge in [-0.3, -0.25) is 0 Å². The molecule has 0 saturated carbocycles. The van der Waals surface area contributed by atoms with E-state index in [2.05, 4.69) is 0 Å². The molecule has 1 aromatic heterocycles. The van der Waals surface area contributed by atoms with Crippen molar-refractivity contribution >= 4 is 32.5 Å².